The Morgan fingerprint density at radius 1 is 1.29 bits per heavy atom. The molecule has 2 unspecified atom stereocenters. The van der Waals surface area contributed by atoms with Crippen LogP contribution in [0.5, 0.6) is 0 Å². The van der Waals surface area contributed by atoms with Crippen molar-refractivity contribution in [2.24, 2.45) is 0 Å². The quantitative estimate of drug-likeness (QED) is 0.880. The van der Waals surface area contributed by atoms with Crippen molar-refractivity contribution < 1.29 is 4.39 Å². The number of thioether (sulfide) groups is 1. The third-order valence-corrected chi connectivity index (χ3v) is 5.34. The van der Waals surface area contributed by atoms with E-state index in [0.717, 1.165) is 17.9 Å². The molecule has 1 heterocycles. The Bertz CT molecular complexity index is 641. The van der Waals surface area contributed by atoms with Crippen molar-refractivity contribution in [2.45, 2.75) is 30.7 Å². The van der Waals surface area contributed by atoms with Crippen LogP contribution >= 0.6 is 11.8 Å². The molecule has 21 heavy (non-hydrogen) atoms. The van der Waals surface area contributed by atoms with Gasteiger partial charge in [0, 0.05) is 22.6 Å². The Balaban J connectivity index is 1.99. The monoisotopic (exact) mass is 301 g/mol. The Labute approximate surface area is 130 Å². The molecule has 2 aromatic rings. The first-order chi connectivity index (χ1) is 10.2. The molecule has 3 heteroatoms. The molecule has 2 aromatic carbocycles. The van der Waals surface area contributed by atoms with E-state index in [1.54, 1.807) is 12.1 Å². The number of likely N-dealkylation sites (N-methyl/N-ethyl adjacent to an activating group) is 1. The van der Waals surface area contributed by atoms with E-state index < -0.39 is 0 Å². The smallest absolute Gasteiger partial charge is 0.123 e. The van der Waals surface area contributed by atoms with Crippen molar-refractivity contribution in [1.29, 1.82) is 0 Å². The predicted molar refractivity (Wildman–Crippen MR) is 87.5 cm³/mol. The maximum atomic E-state index is 13.4. The number of fused-ring (bicyclic) bond motifs is 1. The lowest BCUT2D eigenvalue weighted by Gasteiger charge is -2.27. The highest BCUT2D eigenvalue weighted by atomic mass is 32.2. The Hall–Kier alpha value is -1.32. The van der Waals surface area contributed by atoms with E-state index in [0.29, 0.717) is 5.92 Å². The first-order valence-electron chi connectivity index (χ1n) is 7.42. The van der Waals surface area contributed by atoms with E-state index in [1.807, 2.05) is 24.8 Å². The largest absolute Gasteiger partial charge is 0.310 e. The summed E-state index contributed by atoms with van der Waals surface area (Å²) in [5, 5.41) is 3.61. The summed E-state index contributed by atoms with van der Waals surface area (Å²) in [6.45, 7) is 5.03. The van der Waals surface area contributed by atoms with Gasteiger partial charge in [0.05, 0.1) is 0 Å². The Morgan fingerprint density at radius 2 is 2.10 bits per heavy atom. The van der Waals surface area contributed by atoms with Crippen molar-refractivity contribution >= 4 is 11.8 Å². The van der Waals surface area contributed by atoms with E-state index >= 15 is 0 Å². The summed E-state index contributed by atoms with van der Waals surface area (Å²) in [4.78, 5) is 1.38. The lowest BCUT2D eigenvalue weighted by atomic mass is 9.86. The van der Waals surface area contributed by atoms with Crippen LogP contribution in [-0.4, -0.2) is 12.3 Å². The van der Waals surface area contributed by atoms with Crippen molar-refractivity contribution in [1.82, 2.24) is 5.32 Å². The molecule has 0 radical (unpaired) electrons. The molecule has 1 aliphatic rings. The van der Waals surface area contributed by atoms with Crippen LogP contribution in [0.2, 0.25) is 0 Å². The molecular weight excluding hydrogens is 281 g/mol. The molecule has 1 N–H and O–H groups in total. The molecule has 0 saturated heterocycles. The minimum Gasteiger partial charge on any atom is -0.310 e. The average Bonchev–Trinajstić information content (AvgIpc) is 2.89. The molecule has 0 spiro atoms. The third kappa shape index (κ3) is 2.85. The molecule has 3 rings (SSSR count). The summed E-state index contributed by atoms with van der Waals surface area (Å²) >= 11 is 1.92. The van der Waals surface area contributed by atoms with E-state index in [-0.39, 0.29) is 11.9 Å². The van der Waals surface area contributed by atoms with Crippen molar-refractivity contribution in [3.05, 3.63) is 65.0 Å². The number of halogens is 1. The molecule has 0 bridgehead atoms. The third-order valence-electron chi connectivity index (χ3n) is 4.13. The summed E-state index contributed by atoms with van der Waals surface area (Å²) in [7, 11) is 0. The fourth-order valence-corrected chi connectivity index (χ4v) is 4.43. The van der Waals surface area contributed by atoms with Gasteiger partial charge in [-0.25, -0.2) is 4.39 Å². The maximum Gasteiger partial charge on any atom is 0.123 e. The van der Waals surface area contributed by atoms with Crippen LogP contribution < -0.4 is 5.32 Å². The molecule has 110 valence electrons. The SMILES string of the molecule is CCNC(c1ccc(F)cc1C)C1CSc2ccccc21. The molecule has 0 saturated carbocycles. The number of nitrogens with one attached hydrogen (secondary N) is 1. The van der Waals surface area contributed by atoms with Crippen molar-refractivity contribution in [2.75, 3.05) is 12.3 Å². The molecule has 0 aromatic heterocycles. The molecule has 0 aliphatic carbocycles. The van der Waals surface area contributed by atoms with Crippen LogP contribution in [0.25, 0.3) is 0 Å². The zero-order chi connectivity index (χ0) is 14.8. The standard InChI is InChI=1S/C18H20FNS/c1-3-20-18(14-9-8-13(19)10-12(14)2)16-11-21-17-7-5-4-6-15(16)17/h4-10,16,18,20H,3,11H2,1-2H3. The second-order valence-electron chi connectivity index (χ2n) is 5.49. The Kier molecular flexibility index (Phi) is 4.32. The molecule has 2 atom stereocenters. The fraction of sp³-hybridized carbons (Fsp3) is 0.333. The zero-order valence-corrected chi connectivity index (χ0v) is 13.2. The summed E-state index contributed by atoms with van der Waals surface area (Å²) in [5.41, 5.74) is 3.65. The molecule has 0 amide bonds. The van der Waals surface area contributed by atoms with Gasteiger partial charge in [0.2, 0.25) is 0 Å². The van der Waals surface area contributed by atoms with Crippen LogP contribution in [0.1, 0.15) is 35.6 Å². The zero-order valence-electron chi connectivity index (χ0n) is 12.4. The van der Waals surface area contributed by atoms with Gasteiger partial charge < -0.3 is 5.32 Å². The van der Waals surface area contributed by atoms with E-state index in [1.165, 1.54) is 16.0 Å². The van der Waals surface area contributed by atoms with Crippen LogP contribution in [0.4, 0.5) is 4.39 Å². The number of hydrogen-bond donors (Lipinski definition) is 1. The number of benzene rings is 2. The molecule has 1 aliphatic heterocycles. The summed E-state index contributed by atoms with van der Waals surface area (Å²) in [5.74, 6) is 1.36. The highest BCUT2D eigenvalue weighted by molar-refractivity contribution is 7.99. The van der Waals surface area contributed by atoms with E-state index in [9.17, 15) is 4.39 Å². The van der Waals surface area contributed by atoms with Crippen LogP contribution in [0.15, 0.2) is 47.4 Å². The average molecular weight is 301 g/mol. The molecule has 0 fully saturated rings. The lowest BCUT2D eigenvalue weighted by molar-refractivity contribution is 0.482. The molecule has 1 nitrogen and oxygen atoms in total. The minimum atomic E-state index is -0.160. The van der Waals surface area contributed by atoms with E-state index in [4.69, 9.17) is 0 Å². The normalized spacial score (nSPS) is 18.5. The second-order valence-corrected chi connectivity index (χ2v) is 6.55. The van der Waals surface area contributed by atoms with Gasteiger partial charge >= 0.3 is 0 Å². The lowest BCUT2D eigenvalue weighted by Crippen LogP contribution is -2.28. The van der Waals surface area contributed by atoms with Crippen LogP contribution in [0.3, 0.4) is 0 Å². The van der Waals surface area contributed by atoms with Gasteiger partial charge in [-0.1, -0.05) is 31.2 Å². The maximum absolute atomic E-state index is 13.4. The number of aryl methyl sites for hydroxylation is 1. The van der Waals surface area contributed by atoms with Gasteiger partial charge in [-0.3, -0.25) is 0 Å². The first kappa shape index (κ1) is 14.6. The minimum absolute atomic E-state index is 0.160. The highest BCUT2D eigenvalue weighted by Gasteiger charge is 2.31. The van der Waals surface area contributed by atoms with Crippen LogP contribution in [-0.2, 0) is 0 Å². The van der Waals surface area contributed by atoms with Crippen molar-refractivity contribution in [3.63, 3.8) is 0 Å². The fourth-order valence-electron chi connectivity index (χ4n) is 3.14. The van der Waals surface area contributed by atoms with Gasteiger partial charge in [-0.15, -0.1) is 11.8 Å². The summed E-state index contributed by atoms with van der Waals surface area (Å²) in [6, 6.07) is 14.0. The predicted octanol–water partition coefficient (Wildman–Crippen LogP) is 4.67. The molecular formula is C18H20FNS. The number of rotatable bonds is 4. The van der Waals surface area contributed by atoms with Gasteiger partial charge in [-0.05, 0) is 48.4 Å². The van der Waals surface area contributed by atoms with Gasteiger partial charge in [-0.2, -0.15) is 0 Å². The van der Waals surface area contributed by atoms with Gasteiger partial charge in [0.15, 0.2) is 0 Å². The first-order valence-corrected chi connectivity index (χ1v) is 8.40. The summed E-state index contributed by atoms with van der Waals surface area (Å²) in [6.07, 6.45) is 0. The van der Waals surface area contributed by atoms with Gasteiger partial charge in [0.1, 0.15) is 5.82 Å². The topological polar surface area (TPSA) is 12.0 Å². The number of hydrogen-bond acceptors (Lipinski definition) is 2. The Morgan fingerprint density at radius 3 is 2.86 bits per heavy atom. The van der Waals surface area contributed by atoms with Gasteiger partial charge in [0.25, 0.3) is 0 Å². The second kappa shape index (κ2) is 6.20. The van der Waals surface area contributed by atoms with Crippen LogP contribution in [0, 0.1) is 12.7 Å². The summed E-state index contributed by atoms with van der Waals surface area (Å²) < 4.78 is 13.4. The van der Waals surface area contributed by atoms with E-state index in [2.05, 4.69) is 36.5 Å². The highest BCUT2D eigenvalue weighted by Crippen LogP contribution is 2.45. The van der Waals surface area contributed by atoms with Crippen molar-refractivity contribution in [3.8, 4) is 0 Å².